The molecule has 13 heavy (non-hydrogen) atoms. The number of aliphatic hydroxyl groups is 1. The number of hydrogen-bond donors (Lipinski definition) is 1. The third-order valence-corrected chi connectivity index (χ3v) is 3.12. The zero-order valence-corrected chi connectivity index (χ0v) is 8.99. The molecule has 0 radical (unpaired) electrons. The lowest BCUT2D eigenvalue weighted by Crippen LogP contribution is -2.18. The molecule has 1 aromatic heterocycles. The number of nitrogens with zero attached hydrogens (tertiary/aromatic N) is 1. The van der Waals surface area contributed by atoms with Gasteiger partial charge < -0.3 is 5.11 Å². The standard InChI is InChI=1S/C9H10ClNOS/c1-9(2,5-11)8(12)6-3-4-7(10)13-6/h3-4,8,12H,1-2H3. The molecule has 0 amide bonds. The van der Waals surface area contributed by atoms with Gasteiger partial charge in [0.05, 0.1) is 15.8 Å². The van der Waals surface area contributed by atoms with E-state index in [1.165, 1.54) is 11.3 Å². The molecule has 0 aliphatic rings. The molecule has 0 saturated heterocycles. The van der Waals surface area contributed by atoms with Gasteiger partial charge >= 0.3 is 0 Å². The van der Waals surface area contributed by atoms with E-state index in [2.05, 4.69) is 6.07 Å². The van der Waals surface area contributed by atoms with Gasteiger partial charge in [0.2, 0.25) is 0 Å². The number of rotatable bonds is 2. The Morgan fingerprint density at radius 3 is 2.62 bits per heavy atom. The second-order valence-electron chi connectivity index (χ2n) is 3.38. The van der Waals surface area contributed by atoms with Crippen molar-refractivity contribution in [1.82, 2.24) is 0 Å². The van der Waals surface area contributed by atoms with Gasteiger partial charge in [0.15, 0.2) is 0 Å². The van der Waals surface area contributed by atoms with Gasteiger partial charge in [-0.25, -0.2) is 0 Å². The number of nitriles is 1. The minimum atomic E-state index is -0.770. The molecular weight excluding hydrogens is 206 g/mol. The van der Waals surface area contributed by atoms with Gasteiger partial charge in [-0.3, -0.25) is 0 Å². The van der Waals surface area contributed by atoms with Crippen LogP contribution in [0.1, 0.15) is 24.8 Å². The Balaban J connectivity index is 2.92. The lowest BCUT2D eigenvalue weighted by Gasteiger charge is -2.21. The van der Waals surface area contributed by atoms with Crippen molar-refractivity contribution in [3.63, 3.8) is 0 Å². The molecule has 1 unspecified atom stereocenters. The largest absolute Gasteiger partial charge is 0.386 e. The normalized spacial score (nSPS) is 13.8. The summed E-state index contributed by atoms with van der Waals surface area (Å²) in [5.41, 5.74) is -0.770. The predicted molar refractivity (Wildman–Crippen MR) is 53.7 cm³/mol. The monoisotopic (exact) mass is 215 g/mol. The van der Waals surface area contributed by atoms with Gasteiger partial charge in [-0.1, -0.05) is 11.6 Å². The Kier molecular flexibility index (Phi) is 2.97. The van der Waals surface area contributed by atoms with Crippen LogP contribution in [-0.2, 0) is 0 Å². The highest BCUT2D eigenvalue weighted by Crippen LogP contribution is 2.37. The number of thiophene rings is 1. The van der Waals surface area contributed by atoms with E-state index in [4.69, 9.17) is 16.9 Å². The van der Waals surface area contributed by atoms with Crippen LogP contribution in [0.3, 0.4) is 0 Å². The molecule has 0 saturated carbocycles. The summed E-state index contributed by atoms with van der Waals surface area (Å²) < 4.78 is 0.628. The molecule has 0 aromatic carbocycles. The first-order valence-electron chi connectivity index (χ1n) is 3.82. The fourth-order valence-electron chi connectivity index (χ4n) is 0.892. The maximum absolute atomic E-state index is 9.79. The van der Waals surface area contributed by atoms with Crippen LogP contribution < -0.4 is 0 Å². The van der Waals surface area contributed by atoms with E-state index in [0.717, 1.165) is 4.88 Å². The van der Waals surface area contributed by atoms with Gasteiger partial charge in [-0.05, 0) is 26.0 Å². The van der Waals surface area contributed by atoms with Crippen molar-refractivity contribution in [2.24, 2.45) is 5.41 Å². The lowest BCUT2D eigenvalue weighted by atomic mass is 9.88. The van der Waals surface area contributed by atoms with E-state index < -0.39 is 11.5 Å². The summed E-state index contributed by atoms with van der Waals surface area (Å²) in [4.78, 5) is 0.733. The minimum absolute atomic E-state index is 0.628. The van der Waals surface area contributed by atoms with Gasteiger partial charge in [-0.2, -0.15) is 5.26 Å². The van der Waals surface area contributed by atoms with Crippen LogP contribution in [0.5, 0.6) is 0 Å². The summed E-state index contributed by atoms with van der Waals surface area (Å²) in [7, 11) is 0. The maximum Gasteiger partial charge on any atom is 0.106 e. The van der Waals surface area contributed by atoms with Gasteiger partial charge in [0.1, 0.15) is 6.10 Å². The van der Waals surface area contributed by atoms with E-state index in [0.29, 0.717) is 4.34 Å². The molecule has 1 N–H and O–H groups in total. The zero-order valence-electron chi connectivity index (χ0n) is 7.41. The van der Waals surface area contributed by atoms with Crippen molar-refractivity contribution in [2.45, 2.75) is 20.0 Å². The van der Waals surface area contributed by atoms with Gasteiger partial charge in [0.25, 0.3) is 0 Å². The molecule has 1 heterocycles. The Morgan fingerprint density at radius 2 is 2.23 bits per heavy atom. The highest BCUT2D eigenvalue weighted by Gasteiger charge is 2.29. The third kappa shape index (κ3) is 2.22. The van der Waals surface area contributed by atoms with Crippen LogP contribution in [0.4, 0.5) is 0 Å². The fraction of sp³-hybridized carbons (Fsp3) is 0.444. The first-order valence-corrected chi connectivity index (χ1v) is 5.01. The molecule has 0 fully saturated rings. The molecule has 0 bridgehead atoms. The summed E-state index contributed by atoms with van der Waals surface area (Å²) >= 11 is 7.02. The van der Waals surface area contributed by atoms with Crippen LogP contribution in [0.15, 0.2) is 12.1 Å². The maximum atomic E-state index is 9.79. The predicted octanol–water partition coefficient (Wildman–Crippen LogP) is 2.98. The van der Waals surface area contributed by atoms with E-state index in [1.54, 1.807) is 26.0 Å². The van der Waals surface area contributed by atoms with Crippen molar-refractivity contribution in [3.8, 4) is 6.07 Å². The average molecular weight is 216 g/mol. The molecule has 1 atom stereocenters. The number of hydrogen-bond acceptors (Lipinski definition) is 3. The Morgan fingerprint density at radius 1 is 1.62 bits per heavy atom. The quantitative estimate of drug-likeness (QED) is 0.825. The summed E-state index contributed by atoms with van der Waals surface area (Å²) in [5.74, 6) is 0. The zero-order chi connectivity index (χ0) is 10.1. The highest BCUT2D eigenvalue weighted by molar-refractivity contribution is 7.16. The summed E-state index contributed by atoms with van der Waals surface area (Å²) in [6, 6.07) is 5.53. The van der Waals surface area contributed by atoms with Crippen LogP contribution >= 0.6 is 22.9 Å². The van der Waals surface area contributed by atoms with Crippen LogP contribution in [0, 0.1) is 16.7 Å². The molecule has 2 nitrogen and oxygen atoms in total. The molecule has 70 valence electrons. The minimum Gasteiger partial charge on any atom is -0.386 e. The molecular formula is C9H10ClNOS. The topological polar surface area (TPSA) is 44.0 Å². The first-order chi connectivity index (χ1) is 5.97. The van der Waals surface area contributed by atoms with Crippen molar-refractivity contribution in [1.29, 1.82) is 5.26 Å². The molecule has 1 aromatic rings. The highest BCUT2D eigenvalue weighted by atomic mass is 35.5. The molecule has 4 heteroatoms. The van der Waals surface area contributed by atoms with E-state index in [1.807, 2.05) is 0 Å². The van der Waals surface area contributed by atoms with Gasteiger partial charge in [-0.15, -0.1) is 11.3 Å². The SMILES string of the molecule is CC(C)(C#N)C(O)c1ccc(Cl)s1. The van der Waals surface area contributed by atoms with E-state index in [9.17, 15) is 5.11 Å². The second kappa shape index (κ2) is 3.67. The average Bonchev–Trinajstić information content (AvgIpc) is 2.50. The number of halogens is 1. The van der Waals surface area contributed by atoms with Crippen LogP contribution in [0.25, 0.3) is 0 Å². The fourth-order valence-corrected chi connectivity index (χ4v) is 2.13. The van der Waals surface area contributed by atoms with E-state index >= 15 is 0 Å². The first kappa shape index (κ1) is 10.5. The van der Waals surface area contributed by atoms with Crippen molar-refractivity contribution < 1.29 is 5.11 Å². The van der Waals surface area contributed by atoms with Crippen molar-refractivity contribution in [2.75, 3.05) is 0 Å². The van der Waals surface area contributed by atoms with E-state index in [-0.39, 0.29) is 0 Å². The molecule has 0 aliphatic heterocycles. The third-order valence-electron chi connectivity index (χ3n) is 1.84. The van der Waals surface area contributed by atoms with Crippen LogP contribution in [-0.4, -0.2) is 5.11 Å². The molecule has 0 aliphatic carbocycles. The second-order valence-corrected chi connectivity index (χ2v) is 5.12. The number of aliphatic hydroxyl groups excluding tert-OH is 1. The van der Waals surface area contributed by atoms with Crippen LogP contribution in [0.2, 0.25) is 4.34 Å². The summed E-state index contributed by atoms with van der Waals surface area (Å²) in [6.07, 6.45) is -0.769. The summed E-state index contributed by atoms with van der Waals surface area (Å²) in [6.45, 7) is 3.40. The summed E-state index contributed by atoms with van der Waals surface area (Å²) in [5, 5.41) is 18.6. The lowest BCUT2D eigenvalue weighted by molar-refractivity contribution is 0.0901. The molecule has 0 spiro atoms. The Bertz CT molecular complexity index is 340. The van der Waals surface area contributed by atoms with Gasteiger partial charge in [0, 0.05) is 4.88 Å². The van der Waals surface area contributed by atoms with Crippen molar-refractivity contribution >= 4 is 22.9 Å². The Labute approximate surface area is 86.4 Å². The van der Waals surface area contributed by atoms with Crippen molar-refractivity contribution in [3.05, 3.63) is 21.3 Å². The smallest absolute Gasteiger partial charge is 0.106 e. The Hall–Kier alpha value is -0.560. The molecule has 1 rings (SSSR count).